The third kappa shape index (κ3) is 9.60. The average molecular weight is 439 g/mol. The number of allylic oxidation sites excluding steroid dienone is 6. The molecule has 0 saturated heterocycles. The average Bonchev–Trinajstić information content (AvgIpc) is 3.15. The van der Waals surface area contributed by atoms with Crippen LogP contribution in [0.3, 0.4) is 0 Å². The minimum absolute atomic E-state index is 0. The zero-order valence-corrected chi connectivity index (χ0v) is 22.6. The monoisotopic (exact) mass is 439 g/mol. The third-order valence-electron chi connectivity index (χ3n) is 5.68. The van der Waals surface area contributed by atoms with Crippen LogP contribution in [-0.4, -0.2) is 17.0 Å². The molecule has 3 atom stereocenters. The molecule has 0 fully saturated rings. The zero-order chi connectivity index (χ0) is 21.1. The molecule has 0 bridgehead atoms. The van der Waals surface area contributed by atoms with Crippen LogP contribution in [0, 0.1) is 5.41 Å². The molecule has 0 aromatic carbocycles. The van der Waals surface area contributed by atoms with E-state index in [1.807, 2.05) is 6.08 Å². The van der Waals surface area contributed by atoms with Crippen molar-refractivity contribution in [2.45, 2.75) is 105 Å². The minimum atomic E-state index is -1.30. The Morgan fingerprint density at radius 2 is 1.50 bits per heavy atom. The number of nitrogens with zero attached hydrogens (tertiary/aromatic N) is 1. The van der Waals surface area contributed by atoms with Crippen molar-refractivity contribution in [3.63, 3.8) is 0 Å². The molecule has 3 unspecified atom stereocenters. The molecule has 1 aliphatic rings. The molecular weight excluding hydrogens is 393 g/mol. The van der Waals surface area contributed by atoms with Crippen molar-refractivity contribution in [3.05, 3.63) is 48.7 Å². The fourth-order valence-electron chi connectivity index (χ4n) is 3.57. The molecule has 1 aliphatic carbocycles. The van der Waals surface area contributed by atoms with E-state index in [-0.39, 0.29) is 21.7 Å². The molecule has 28 heavy (non-hydrogen) atoms. The quantitative estimate of drug-likeness (QED) is 0.203. The van der Waals surface area contributed by atoms with Crippen molar-refractivity contribution >= 4 is 7.05 Å². The van der Waals surface area contributed by atoms with Crippen molar-refractivity contribution in [2.24, 2.45) is 10.2 Å². The largest absolute Gasteiger partial charge is 0.271 e. The van der Waals surface area contributed by atoms with Gasteiger partial charge in [-0.15, -0.1) is 0 Å². The van der Waals surface area contributed by atoms with Crippen LogP contribution in [-0.2, 0) is 21.7 Å². The Balaban J connectivity index is 0. The molecule has 1 nitrogen and oxygen atoms in total. The molecule has 0 N–H and O–H groups in total. The van der Waals surface area contributed by atoms with Crippen LogP contribution in [0.2, 0.25) is 0 Å². The smallest absolute Gasteiger partial charge is 0.0425 e. The summed E-state index contributed by atoms with van der Waals surface area (Å²) >= 11 is 0. The zero-order valence-electron chi connectivity index (χ0n) is 20.1. The molecule has 0 aliphatic heterocycles. The van der Waals surface area contributed by atoms with E-state index in [2.05, 4.69) is 93.2 Å². The predicted molar refractivity (Wildman–Crippen MR) is 129 cm³/mol. The topological polar surface area (TPSA) is 12.4 Å². The number of rotatable bonds is 8. The summed E-state index contributed by atoms with van der Waals surface area (Å²) < 4.78 is 5.43. The Hall–Kier alpha value is -0.0957. The van der Waals surface area contributed by atoms with Crippen LogP contribution >= 0.6 is 7.05 Å². The van der Waals surface area contributed by atoms with Crippen molar-refractivity contribution < 1.29 is 21.7 Å². The standard InChI is InChI=1S/C17H32NP.C8H14.Ti/c1-7-14(4)19(15(5)8-2,16(6)9-3)18-17-12-10-11-13-17;1-5-6-7-8(2,3)4;/h10-12,14-16H,7-9,13H2,1-6H3;5-7H,1H2,2-4H3;. The van der Waals surface area contributed by atoms with Crippen molar-refractivity contribution in [2.75, 3.05) is 0 Å². The van der Waals surface area contributed by atoms with Gasteiger partial charge in [-0.3, -0.25) is 4.74 Å². The van der Waals surface area contributed by atoms with E-state index in [1.54, 1.807) is 6.08 Å². The van der Waals surface area contributed by atoms with Gasteiger partial charge < -0.3 is 0 Å². The molecule has 0 heterocycles. The number of hydrogen-bond acceptors (Lipinski definition) is 1. The van der Waals surface area contributed by atoms with E-state index in [4.69, 9.17) is 4.74 Å². The molecule has 1 rings (SSSR count). The molecule has 0 spiro atoms. The molecule has 160 valence electrons. The molecule has 0 radical (unpaired) electrons. The van der Waals surface area contributed by atoms with Crippen LogP contribution in [0.25, 0.3) is 0 Å². The van der Waals surface area contributed by atoms with Crippen LogP contribution in [0.1, 0.15) is 88.0 Å². The molecular formula is C25H46NPTi. The first kappa shape index (κ1) is 30.1. The second-order valence-corrected chi connectivity index (χ2v) is 13.3. The van der Waals surface area contributed by atoms with E-state index in [0.717, 1.165) is 23.4 Å². The summed E-state index contributed by atoms with van der Waals surface area (Å²) in [7, 11) is -1.30. The summed E-state index contributed by atoms with van der Waals surface area (Å²) in [5, 5.41) is 0. The van der Waals surface area contributed by atoms with Crippen LogP contribution in [0.15, 0.2) is 53.5 Å². The van der Waals surface area contributed by atoms with Gasteiger partial charge in [-0.25, -0.2) is 0 Å². The van der Waals surface area contributed by atoms with Gasteiger partial charge in [-0.05, 0) is 54.8 Å². The van der Waals surface area contributed by atoms with Gasteiger partial charge in [0, 0.05) is 33.8 Å². The first-order valence-corrected chi connectivity index (χ1v) is 12.8. The first-order chi connectivity index (χ1) is 12.6. The van der Waals surface area contributed by atoms with Crippen LogP contribution in [0.4, 0.5) is 0 Å². The molecule has 0 amide bonds. The van der Waals surface area contributed by atoms with E-state index in [0.29, 0.717) is 5.41 Å². The van der Waals surface area contributed by atoms with Crippen molar-refractivity contribution in [3.8, 4) is 0 Å². The fourth-order valence-corrected chi connectivity index (χ4v) is 9.11. The summed E-state index contributed by atoms with van der Waals surface area (Å²) in [5.74, 6) is 0. The predicted octanol–water partition coefficient (Wildman–Crippen LogP) is 9.20. The van der Waals surface area contributed by atoms with Crippen LogP contribution < -0.4 is 0 Å². The Morgan fingerprint density at radius 3 is 1.75 bits per heavy atom. The van der Waals surface area contributed by atoms with E-state index >= 15 is 0 Å². The van der Waals surface area contributed by atoms with Crippen molar-refractivity contribution in [1.82, 2.24) is 0 Å². The first-order valence-electron chi connectivity index (χ1n) is 10.9. The second kappa shape index (κ2) is 14.8. The van der Waals surface area contributed by atoms with Gasteiger partial charge in [-0.1, -0.05) is 99.3 Å². The molecule has 0 aromatic rings. The van der Waals surface area contributed by atoms with Gasteiger partial charge >= 0.3 is 0 Å². The second-order valence-electron chi connectivity index (χ2n) is 8.92. The van der Waals surface area contributed by atoms with Crippen molar-refractivity contribution in [1.29, 1.82) is 0 Å². The maximum atomic E-state index is 5.43. The van der Waals surface area contributed by atoms with E-state index < -0.39 is 7.05 Å². The maximum absolute atomic E-state index is 5.43. The van der Waals surface area contributed by atoms with Gasteiger partial charge in [-0.2, -0.15) is 0 Å². The minimum Gasteiger partial charge on any atom is -0.271 e. The van der Waals surface area contributed by atoms with Gasteiger partial charge in [0.05, 0.1) is 0 Å². The van der Waals surface area contributed by atoms with E-state index in [9.17, 15) is 0 Å². The molecule has 3 heteroatoms. The Labute approximate surface area is 192 Å². The van der Waals surface area contributed by atoms with Gasteiger partial charge in [0.15, 0.2) is 0 Å². The summed E-state index contributed by atoms with van der Waals surface area (Å²) in [5.41, 5.74) is 3.87. The molecule has 0 aromatic heterocycles. The van der Waals surface area contributed by atoms with Gasteiger partial charge in [0.1, 0.15) is 0 Å². The Morgan fingerprint density at radius 1 is 1.04 bits per heavy atom. The summed E-state index contributed by atoms with van der Waals surface area (Å²) in [6.07, 6.45) is 17.3. The summed E-state index contributed by atoms with van der Waals surface area (Å²) in [6, 6.07) is 0. The van der Waals surface area contributed by atoms with Gasteiger partial charge in [0.25, 0.3) is 0 Å². The fraction of sp³-hybridized carbons (Fsp3) is 0.680. The Bertz CT molecular complexity index is 545. The van der Waals surface area contributed by atoms with E-state index in [1.165, 1.54) is 25.0 Å². The third-order valence-corrected chi connectivity index (χ3v) is 11.6. The van der Waals surface area contributed by atoms with Crippen LogP contribution in [0.5, 0.6) is 0 Å². The SMILES string of the molecule is C=CC=CC(C)(C)C.CCC(C)P(=NC1=CC=CC1)(C(C)CC)C(C)CC.[Ti]. The molecule has 0 saturated carbocycles. The Kier molecular flexibility index (Phi) is 15.9. The normalized spacial score (nSPS) is 18.8. The maximum Gasteiger partial charge on any atom is 0.0425 e. The number of hydrogen-bond donors (Lipinski definition) is 0. The summed E-state index contributed by atoms with van der Waals surface area (Å²) in [6.45, 7) is 24.4. The summed E-state index contributed by atoms with van der Waals surface area (Å²) in [4.78, 5) is 0. The van der Waals surface area contributed by atoms with Gasteiger partial charge in [0.2, 0.25) is 0 Å².